The van der Waals surface area contributed by atoms with E-state index in [9.17, 15) is 14.7 Å². The zero-order valence-electron chi connectivity index (χ0n) is 12.2. The zero-order valence-corrected chi connectivity index (χ0v) is 12.2. The number of likely N-dealkylation sites (tertiary alicyclic amines) is 1. The summed E-state index contributed by atoms with van der Waals surface area (Å²) < 4.78 is 5.13. The van der Waals surface area contributed by atoms with Gasteiger partial charge in [-0.2, -0.15) is 0 Å². The summed E-state index contributed by atoms with van der Waals surface area (Å²) in [7, 11) is 0. The van der Waals surface area contributed by atoms with Crippen molar-refractivity contribution in [2.45, 2.75) is 44.9 Å². The van der Waals surface area contributed by atoms with Crippen molar-refractivity contribution in [3.05, 3.63) is 35.9 Å². The van der Waals surface area contributed by atoms with E-state index in [4.69, 9.17) is 4.74 Å². The Hall–Kier alpha value is -1.88. The first kappa shape index (κ1) is 15.5. The first-order valence-corrected chi connectivity index (χ1v) is 7.27. The molecule has 1 N–H and O–H groups in total. The number of carbonyl (C=O) groups excluding carboxylic acids is 2. The summed E-state index contributed by atoms with van der Waals surface area (Å²) in [6.45, 7) is 2.77. The van der Waals surface area contributed by atoms with Gasteiger partial charge in [0.05, 0.1) is 12.5 Å². The topological polar surface area (TPSA) is 66.8 Å². The number of aliphatic hydroxyl groups excluding tert-OH is 1. The molecule has 1 saturated heterocycles. The highest BCUT2D eigenvalue weighted by Crippen LogP contribution is 2.23. The Balaban J connectivity index is 1.69. The minimum atomic E-state index is -0.763. The largest absolute Gasteiger partial charge is 0.461 e. The van der Waals surface area contributed by atoms with Crippen molar-refractivity contribution >= 4 is 11.9 Å². The van der Waals surface area contributed by atoms with Gasteiger partial charge in [-0.3, -0.25) is 9.59 Å². The van der Waals surface area contributed by atoms with Crippen molar-refractivity contribution in [3.63, 3.8) is 0 Å². The highest BCUT2D eigenvalue weighted by Gasteiger charge is 2.36. The highest BCUT2D eigenvalue weighted by molar-refractivity contribution is 5.83. The Bertz CT molecular complexity index is 488. The van der Waals surface area contributed by atoms with Crippen LogP contribution in [0.15, 0.2) is 30.3 Å². The lowest BCUT2D eigenvalue weighted by atomic mass is 9.95. The predicted octanol–water partition coefficient (Wildman–Crippen LogP) is 1.49. The van der Waals surface area contributed by atoms with Crippen LogP contribution < -0.4 is 0 Å². The van der Waals surface area contributed by atoms with Crippen molar-refractivity contribution in [3.8, 4) is 0 Å². The van der Waals surface area contributed by atoms with Crippen LogP contribution in [-0.2, 0) is 20.9 Å². The molecule has 1 heterocycles. The molecule has 0 bridgehead atoms. The number of esters is 1. The molecule has 1 aliphatic rings. The van der Waals surface area contributed by atoms with Gasteiger partial charge >= 0.3 is 5.97 Å². The number of nitrogens with zero attached hydrogens (tertiary/aromatic N) is 1. The van der Waals surface area contributed by atoms with Crippen LogP contribution in [0.2, 0.25) is 0 Å². The van der Waals surface area contributed by atoms with Crippen molar-refractivity contribution in [1.29, 1.82) is 0 Å². The summed E-state index contributed by atoms with van der Waals surface area (Å²) in [5, 5.41) is 9.91. The molecule has 114 valence electrons. The molecule has 0 aliphatic carbocycles. The molecule has 0 aromatic heterocycles. The fourth-order valence-electron chi connectivity index (χ4n) is 2.55. The van der Waals surface area contributed by atoms with Crippen LogP contribution in [0.4, 0.5) is 0 Å². The quantitative estimate of drug-likeness (QED) is 0.610. The van der Waals surface area contributed by atoms with Crippen LogP contribution in [0.3, 0.4) is 0 Å². The molecule has 2 rings (SSSR count). The Morgan fingerprint density at radius 2 is 2.14 bits per heavy atom. The second kappa shape index (κ2) is 7.22. The lowest BCUT2D eigenvalue weighted by Gasteiger charge is -2.40. The normalized spacial score (nSPS) is 19.0. The predicted molar refractivity (Wildman–Crippen MR) is 77.3 cm³/mol. The molecule has 0 spiro atoms. The first-order chi connectivity index (χ1) is 10.1. The molecule has 1 aliphatic heterocycles. The van der Waals surface area contributed by atoms with E-state index < -0.39 is 12.1 Å². The standard InChI is InChI=1S/C16H21NO4/c1-2-17-13(9-15(17)19)8-14(18)10-16(20)21-11-12-6-4-3-5-7-12/h3-7,13-14,18H,2,8-11H2,1H3. The molecule has 2 atom stereocenters. The molecule has 0 saturated carbocycles. The van der Waals surface area contributed by atoms with Gasteiger partial charge in [0.25, 0.3) is 0 Å². The van der Waals surface area contributed by atoms with Crippen LogP contribution in [0.25, 0.3) is 0 Å². The average Bonchev–Trinajstić information content (AvgIpc) is 2.46. The number of hydrogen-bond acceptors (Lipinski definition) is 4. The summed E-state index contributed by atoms with van der Waals surface area (Å²) >= 11 is 0. The van der Waals surface area contributed by atoms with Crippen LogP contribution in [0.1, 0.15) is 31.7 Å². The van der Waals surface area contributed by atoms with Gasteiger partial charge in [-0.1, -0.05) is 30.3 Å². The van der Waals surface area contributed by atoms with Crippen molar-refractivity contribution in [2.24, 2.45) is 0 Å². The van der Waals surface area contributed by atoms with Crippen LogP contribution in [0.5, 0.6) is 0 Å². The molecule has 1 aromatic carbocycles. The summed E-state index contributed by atoms with van der Waals surface area (Å²) in [6, 6.07) is 9.47. The third-order valence-electron chi connectivity index (χ3n) is 3.70. The van der Waals surface area contributed by atoms with Crippen molar-refractivity contribution in [1.82, 2.24) is 4.90 Å². The number of benzene rings is 1. The second-order valence-corrected chi connectivity index (χ2v) is 5.28. The average molecular weight is 291 g/mol. The van der Waals surface area contributed by atoms with E-state index in [2.05, 4.69) is 0 Å². The van der Waals surface area contributed by atoms with Gasteiger partial charge in [0.2, 0.25) is 5.91 Å². The lowest BCUT2D eigenvalue weighted by molar-refractivity contribution is -0.149. The molecule has 0 radical (unpaired) electrons. The van der Waals surface area contributed by atoms with Gasteiger partial charge in [-0.25, -0.2) is 0 Å². The number of amides is 1. The Labute approximate surface area is 124 Å². The van der Waals surface area contributed by atoms with Crippen LogP contribution >= 0.6 is 0 Å². The SMILES string of the molecule is CCN1C(=O)CC1CC(O)CC(=O)OCc1ccccc1. The minimum absolute atomic E-state index is 0.0327. The van der Waals surface area contributed by atoms with E-state index in [1.807, 2.05) is 37.3 Å². The number of carbonyl (C=O) groups is 2. The van der Waals surface area contributed by atoms with Crippen molar-refractivity contribution in [2.75, 3.05) is 6.54 Å². The van der Waals surface area contributed by atoms with E-state index in [1.54, 1.807) is 4.90 Å². The maximum atomic E-state index is 11.7. The van der Waals surface area contributed by atoms with E-state index in [0.29, 0.717) is 19.4 Å². The summed E-state index contributed by atoms with van der Waals surface area (Å²) in [5.74, 6) is -0.304. The fraction of sp³-hybridized carbons (Fsp3) is 0.500. The first-order valence-electron chi connectivity index (χ1n) is 7.27. The number of β-lactam (4-membered cyclic amide) rings is 1. The van der Waals surface area contributed by atoms with Crippen molar-refractivity contribution < 1.29 is 19.4 Å². The summed E-state index contributed by atoms with van der Waals surface area (Å²) in [6.07, 6.45) is 0.0967. The Morgan fingerprint density at radius 1 is 1.43 bits per heavy atom. The molecule has 5 heteroatoms. The molecule has 1 fully saturated rings. The van der Waals surface area contributed by atoms with Crippen LogP contribution in [-0.4, -0.2) is 40.6 Å². The summed E-state index contributed by atoms with van der Waals surface area (Å²) in [5.41, 5.74) is 0.919. The maximum absolute atomic E-state index is 11.7. The molecule has 1 aromatic rings. The Kier molecular flexibility index (Phi) is 5.33. The molecule has 1 amide bonds. The van der Waals surface area contributed by atoms with Crippen LogP contribution in [0, 0.1) is 0 Å². The third kappa shape index (κ3) is 4.29. The van der Waals surface area contributed by atoms with Gasteiger partial charge in [0, 0.05) is 19.0 Å². The molecular formula is C16H21NO4. The molecule has 5 nitrogen and oxygen atoms in total. The number of rotatable bonds is 7. The van der Waals surface area contributed by atoms with E-state index in [-0.39, 0.29) is 25.0 Å². The molecule has 21 heavy (non-hydrogen) atoms. The monoisotopic (exact) mass is 291 g/mol. The van der Waals surface area contributed by atoms with Gasteiger partial charge < -0.3 is 14.7 Å². The fourth-order valence-corrected chi connectivity index (χ4v) is 2.55. The second-order valence-electron chi connectivity index (χ2n) is 5.28. The smallest absolute Gasteiger partial charge is 0.308 e. The van der Waals surface area contributed by atoms with E-state index >= 15 is 0 Å². The Morgan fingerprint density at radius 3 is 2.76 bits per heavy atom. The van der Waals surface area contributed by atoms with Gasteiger partial charge in [-0.05, 0) is 18.9 Å². The van der Waals surface area contributed by atoms with Gasteiger partial charge in [0.15, 0.2) is 0 Å². The number of hydrogen-bond donors (Lipinski definition) is 1. The van der Waals surface area contributed by atoms with E-state index in [1.165, 1.54) is 0 Å². The van der Waals surface area contributed by atoms with Gasteiger partial charge in [-0.15, -0.1) is 0 Å². The van der Waals surface area contributed by atoms with E-state index in [0.717, 1.165) is 5.56 Å². The third-order valence-corrected chi connectivity index (χ3v) is 3.70. The lowest BCUT2D eigenvalue weighted by Crippen LogP contribution is -2.53. The number of ether oxygens (including phenoxy) is 1. The highest BCUT2D eigenvalue weighted by atomic mass is 16.5. The zero-order chi connectivity index (χ0) is 15.2. The summed E-state index contributed by atoms with van der Waals surface area (Å²) in [4.78, 5) is 24.7. The number of aliphatic hydroxyl groups is 1. The maximum Gasteiger partial charge on any atom is 0.308 e. The molecular weight excluding hydrogens is 270 g/mol. The minimum Gasteiger partial charge on any atom is -0.461 e. The molecule has 2 unspecified atom stereocenters. The van der Waals surface area contributed by atoms with Gasteiger partial charge in [0.1, 0.15) is 6.61 Å².